The lowest BCUT2D eigenvalue weighted by atomic mass is 10.1. The summed E-state index contributed by atoms with van der Waals surface area (Å²) >= 11 is 6.04. The van der Waals surface area contributed by atoms with E-state index in [2.05, 4.69) is 15.7 Å². The molecule has 1 saturated heterocycles. The summed E-state index contributed by atoms with van der Waals surface area (Å²) in [5, 5.41) is 0.701. The zero-order valence-electron chi connectivity index (χ0n) is 14.9. The van der Waals surface area contributed by atoms with Gasteiger partial charge in [0.2, 0.25) is 0 Å². The first-order chi connectivity index (χ1) is 13.2. The van der Waals surface area contributed by atoms with Crippen molar-refractivity contribution in [2.75, 3.05) is 26.3 Å². The van der Waals surface area contributed by atoms with Crippen molar-refractivity contribution in [2.45, 2.75) is 13.0 Å². The summed E-state index contributed by atoms with van der Waals surface area (Å²) in [6.07, 6.45) is 2.71. The number of rotatable bonds is 5. The van der Waals surface area contributed by atoms with Gasteiger partial charge in [-0.3, -0.25) is 4.90 Å². The highest BCUT2D eigenvalue weighted by molar-refractivity contribution is 6.30. The number of benzene rings is 2. The first-order valence-corrected chi connectivity index (χ1v) is 9.43. The lowest BCUT2D eigenvalue weighted by Gasteiger charge is -2.25. The minimum atomic E-state index is -0.229. The second-order valence-corrected chi connectivity index (χ2v) is 7.12. The van der Waals surface area contributed by atoms with Gasteiger partial charge in [-0.2, -0.15) is 0 Å². The van der Waals surface area contributed by atoms with Crippen molar-refractivity contribution in [3.05, 3.63) is 82.6 Å². The molecule has 1 aliphatic rings. The van der Waals surface area contributed by atoms with Crippen molar-refractivity contribution in [1.82, 2.24) is 14.5 Å². The summed E-state index contributed by atoms with van der Waals surface area (Å²) in [6, 6.07) is 14.3. The van der Waals surface area contributed by atoms with Crippen LogP contribution in [0.1, 0.15) is 17.1 Å². The van der Waals surface area contributed by atoms with E-state index in [0.29, 0.717) is 11.4 Å². The number of hydrogen-bond acceptors (Lipinski definition) is 3. The summed E-state index contributed by atoms with van der Waals surface area (Å²) in [4.78, 5) is 7.22. The van der Waals surface area contributed by atoms with Crippen molar-refractivity contribution in [1.29, 1.82) is 0 Å². The maximum Gasteiger partial charge on any atom is 0.123 e. The monoisotopic (exact) mass is 385 g/mol. The van der Waals surface area contributed by atoms with Gasteiger partial charge in [-0.1, -0.05) is 23.7 Å². The van der Waals surface area contributed by atoms with E-state index < -0.39 is 0 Å². The minimum absolute atomic E-state index is 0.229. The maximum absolute atomic E-state index is 13.2. The molecule has 4 nitrogen and oxygen atoms in total. The molecule has 2 aromatic carbocycles. The summed E-state index contributed by atoms with van der Waals surface area (Å²) in [6.45, 7) is 4.16. The Labute approximate surface area is 163 Å². The Morgan fingerprint density at radius 3 is 2.41 bits per heavy atom. The first-order valence-electron chi connectivity index (χ1n) is 9.05. The lowest BCUT2D eigenvalue weighted by molar-refractivity contribution is 0.0337. The molecule has 1 fully saturated rings. The fourth-order valence-electron chi connectivity index (χ4n) is 3.27. The quantitative estimate of drug-likeness (QED) is 0.662. The average molecular weight is 386 g/mol. The second kappa shape index (κ2) is 8.21. The van der Waals surface area contributed by atoms with Crippen LogP contribution in [-0.4, -0.2) is 40.8 Å². The van der Waals surface area contributed by atoms with E-state index in [1.54, 1.807) is 12.1 Å². The van der Waals surface area contributed by atoms with E-state index in [4.69, 9.17) is 21.3 Å². The van der Waals surface area contributed by atoms with Gasteiger partial charge in [0.1, 0.15) is 11.6 Å². The van der Waals surface area contributed by atoms with Crippen LogP contribution >= 0.6 is 11.6 Å². The average Bonchev–Trinajstić information content (AvgIpc) is 3.07. The summed E-state index contributed by atoms with van der Waals surface area (Å²) in [5.41, 5.74) is 3.05. The predicted molar refractivity (Wildman–Crippen MR) is 104 cm³/mol. The molecule has 0 bridgehead atoms. The predicted octanol–water partition coefficient (Wildman–Crippen LogP) is 4.09. The van der Waals surface area contributed by atoms with E-state index >= 15 is 0 Å². The largest absolute Gasteiger partial charge is 0.379 e. The Hall–Kier alpha value is -2.21. The molecule has 1 aliphatic heterocycles. The van der Waals surface area contributed by atoms with Crippen LogP contribution in [0.2, 0.25) is 5.02 Å². The fraction of sp³-hybridized carbons (Fsp3) is 0.286. The topological polar surface area (TPSA) is 30.3 Å². The van der Waals surface area contributed by atoms with Crippen molar-refractivity contribution in [3.8, 4) is 5.69 Å². The van der Waals surface area contributed by atoms with E-state index in [0.717, 1.165) is 55.6 Å². The molecule has 3 aromatic rings. The lowest BCUT2D eigenvalue weighted by Crippen LogP contribution is -2.35. The highest BCUT2D eigenvalue weighted by Gasteiger charge is 2.15. The number of aromatic nitrogens is 2. The molecule has 0 saturated carbocycles. The van der Waals surface area contributed by atoms with Crippen LogP contribution in [-0.2, 0) is 17.7 Å². The van der Waals surface area contributed by atoms with Crippen LogP contribution in [0.5, 0.6) is 0 Å². The normalized spacial score (nSPS) is 15.2. The van der Waals surface area contributed by atoms with Gasteiger partial charge in [0, 0.05) is 43.0 Å². The number of imidazole rings is 1. The third-order valence-electron chi connectivity index (χ3n) is 4.70. The molecule has 0 aliphatic carbocycles. The third kappa shape index (κ3) is 4.56. The van der Waals surface area contributed by atoms with E-state index in [-0.39, 0.29) is 5.82 Å². The fourth-order valence-corrected chi connectivity index (χ4v) is 3.40. The third-order valence-corrected chi connectivity index (χ3v) is 4.95. The number of nitrogens with zero attached hydrogens (tertiary/aromatic N) is 3. The highest BCUT2D eigenvalue weighted by atomic mass is 35.5. The Morgan fingerprint density at radius 2 is 1.70 bits per heavy atom. The molecule has 0 N–H and O–H groups in total. The van der Waals surface area contributed by atoms with Gasteiger partial charge in [-0.05, 0) is 42.0 Å². The second-order valence-electron chi connectivity index (χ2n) is 6.69. The molecule has 0 spiro atoms. The minimum Gasteiger partial charge on any atom is -0.379 e. The van der Waals surface area contributed by atoms with Gasteiger partial charge >= 0.3 is 0 Å². The molecule has 6 heteroatoms. The maximum atomic E-state index is 13.2. The molecule has 4 rings (SSSR count). The van der Waals surface area contributed by atoms with E-state index in [9.17, 15) is 4.39 Å². The Balaban J connectivity index is 1.63. The van der Waals surface area contributed by atoms with Crippen molar-refractivity contribution >= 4 is 11.6 Å². The Bertz CT molecular complexity index is 887. The summed E-state index contributed by atoms with van der Waals surface area (Å²) in [7, 11) is 0. The number of hydrogen-bond donors (Lipinski definition) is 0. The molecular weight excluding hydrogens is 365 g/mol. The molecule has 0 unspecified atom stereocenters. The van der Waals surface area contributed by atoms with Crippen LogP contribution in [0, 0.1) is 5.82 Å². The van der Waals surface area contributed by atoms with E-state index in [1.165, 1.54) is 12.1 Å². The molecule has 0 radical (unpaired) electrons. The van der Waals surface area contributed by atoms with Gasteiger partial charge < -0.3 is 9.30 Å². The van der Waals surface area contributed by atoms with Crippen molar-refractivity contribution < 1.29 is 9.13 Å². The summed E-state index contributed by atoms with van der Waals surface area (Å²) in [5.74, 6) is 0.694. The van der Waals surface area contributed by atoms with Crippen molar-refractivity contribution in [2.24, 2.45) is 0 Å². The Morgan fingerprint density at radius 1 is 1.00 bits per heavy atom. The van der Waals surface area contributed by atoms with Gasteiger partial charge in [-0.15, -0.1) is 0 Å². The molecule has 2 heterocycles. The molecular formula is C21H21ClFN3O. The molecule has 0 atom stereocenters. The van der Waals surface area contributed by atoms with Crippen LogP contribution in [0.25, 0.3) is 5.69 Å². The molecule has 140 valence electrons. The Kier molecular flexibility index (Phi) is 5.53. The van der Waals surface area contributed by atoms with Crippen LogP contribution in [0.15, 0.2) is 54.7 Å². The van der Waals surface area contributed by atoms with Crippen LogP contribution in [0.3, 0.4) is 0 Å². The zero-order chi connectivity index (χ0) is 18.6. The van der Waals surface area contributed by atoms with E-state index in [1.807, 2.05) is 24.3 Å². The number of ether oxygens (including phenoxy) is 1. The van der Waals surface area contributed by atoms with Gasteiger partial charge in [0.15, 0.2) is 0 Å². The summed E-state index contributed by atoms with van der Waals surface area (Å²) < 4.78 is 20.7. The zero-order valence-corrected chi connectivity index (χ0v) is 15.7. The standard InChI is InChI=1S/C21H21ClFN3O/c22-17-3-7-20(8-4-17)26-15-19(14-25-9-11-27-12-10-25)24-21(26)13-16-1-5-18(23)6-2-16/h1-8,15H,9-14H2. The van der Waals surface area contributed by atoms with Gasteiger partial charge in [0.25, 0.3) is 0 Å². The van der Waals surface area contributed by atoms with Crippen LogP contribution < -0.4 is 0 Å². The molecule has 0 amide bonds. The smallest absolute Gasteiger partial charge is 0.123 e. The first kappa shape index (κ1) is 18.2. The van der Waals surface area contributed by atoms with Gasteiger partial charge in [-0.25, -0.2) is 9.37 Å². The molecule has 27 heavy (non-hydrogen) atoms. The SMILES string of the molecule is Fc1ccc(Cc2nc(CN3CCOCC3)cn2-c2ccc(Cl)cc2)cc1. The molecule has 1 aromatic heterocycles. The van der Waals surface area contributed by atoms with Crippen LogP contribution in [0.4, 0.5) is 4.39 Å². The highest BCUT2D eigenvalue weighted by Crippen LogP contribution is 2.20. The number of halogens is 2. The van der Waals surface area contributed by atoms with Crippen molar-refractivity contribution in [3.63, 3.8) is 0 Å². The van der Waals surface area contributed by atoms with Gasteiger partial charge in [0.05, 0.1) is 18.9 Å². The number of morpholine rings is 1.